The topological polar surface area (TPSA) is 52.6 Å². The number of esters is 1. The molecular weight excluding hydrogens is 136 g/mol. The molecule has 0 radical (unpaired) electrons. The number of ketones is 1. The number of hydrogen-bond donors (Lipinski definition) is 0. The normalized spacial score (nSPS) is 24.9. The number of carbonyl (C=O) groups is 2. The van der Waals surface area contributed by atoms with Crippen molar-refractivity contribution in [2.45, 2.75) is 13.0 Å². The molecule has 1 rings (SSSR count). The minimum Gasteiger partial charge on any atom is -0.452 e. The van der Waals surface area contributed by atoms with Gasteiger partial charge in [0.2, 0.25) is 5.78 Å². The first-order valence-electron chi connectivity index (χ1n) is 2.98. The van der Waals surface area contributed by atoms with Gasteiger partial charge in [-0.15, -0.1) is 0 Å². The first-order valence-corrected chi connectivity index (χ1v) is 2.98. The summed E-state index contributed by atoms with van der Waals surface area (Å²) in [4.78, 5) is 21.0. The number of Topliss-reactive ketones (excluding diaryl/α,β-unsaturated/α-hetero) is 1. The third-order valence-electron chi connectivity index (χ3n) is 1.18. The molecule has 1 atom stereocenters. The molecule has 0 aromatic heterocycles. The van der Waals surface area contributed by atoms with E-state index in [1.807, 2.05) is 0 Å². The first kappa shape index (κ1) is 7.21. The van der Waals surface area contributed by atoms with Crippen LogP contribution in [0.2, 0.25) is 0 Å². The standard InChI is InChI=1S/C6H8O4/c1-4(7)10-6-3-9-2-5(6)8/h6H,2-3H2,1H3. The molecule has 0 bridgehead atoms. The van der Waals surface area contributed by atoms with Gasteiger partial charge in [0.05, 0.1) is 6.61 Å². The average Bonchev–Trinajstić information content (AvgIpc) is 2.15. The Morgan fingerprint density at radius 1 is 1.80 bits per heavy atom. The van der Waals surface area contributed by atoms with E-state index in [4.69, 9.17) is 4.74 Å². The van der Waals surface area contributed by atoms with Gasteiger partial charge in [-0.3, -0.25) is 9.59 Å². The molecule has 1 saturated heterocycles. The number of carbonyl (C=O) groups excluding carboxylic acids is 2. The maximum absolute atomic E-state index is 10.7. The molecule has 56 valence electrons. The van der Waals surface area contributed by atoms with E-state index in [1.54, 1.807) is 0 Å². The van der Waals surface area contributed by atoms with Gasteiger partial charge in [0.25, 0.3) is 0 Å². The van der Waals surface area contributed by atoms with E-state index in [0.717, 1.165) is 0 Å². The molecule has 0 spiro atoms. The van der Waals surface area contributed by atoms with Gasteiger partial charge in [0.15, 0.2) is 6.10 Å². The van der Waals surface area contributed by atoms with E-state index in [1.165, 1.54) is 6.92 Å². The SMILES string of the molecule is CC(=O)OC1COCC1=O. The van der Waals surface area contributed by atoms with Gasteiger partial charge in [-0.1, -0.05) is 0 Å². The smallest absolute Gasteiger partial charge is 0.303 e. The number of rotatable bonds is 1. The van der Waals surface area contributed by atoms with Gasteiger partial charge in [-0.25, -0.2) is 0 Å². The molecule has 0 aliphatic carbocycles. The van der Waals surface area contributed by atoms with Gasteiger partial charge in [-0.2, -0.15) is 0 Å². The number of hydrogen-bond acceptors (Lipinski definition) is 4. The Bertz CT molecular complexity index is 163. The van der Waals surface area contributed by atoms with Crippen molar-refractivity contribution < 1.29 is 19.1 Å². The molecule has 0 N–H and O–H groups in total. The van der Waals surface area contributed by atoms with Crippen molar-refractivity contribution in [1.29, 1.82) is 0 Å². The predicted molar refractivity (Wildman–Crippen MR) is 31.4 cm³/mol. The summed E-state index contributed by atoms with van der Waals surface area (Å²) in [5.41, 5.74) is 0. The highest BCUT2D eigenvalue weighted by Crippen LogP contribution is 2.03. The highest BCUT2D eigenvalue weighted by Gasteiger charge is 2.27. The Morgan fingerprint density at radius 3 is 2.90 bits per heavy atom. The Hall–Kier alpha value is -0.900. The van der Waals surface area contributed by atoms with Crippen LogP contribution in [0.4, 0.5) is 0 Å². The van der Waals surface area contributed by atoms with E-state index in [2.05, 4.69) is 4.74 Å². The molecule has 1 aliphatic heterocycles. The lowest BCUT2D eigenvalue weighted by atomic mass is 10.3. The predicted octanol–water partition coefficient (Wildman–Crippen LogP) is -0.483. The van der Waals surface area contributed by atoms with E-state index in [9.17, 15) is 9.59 Å². The molecule has 4 heteroatoms. The highest BCUT2D eigenvalue weighted by molar-refractivity contribution is 5.87. The molecule has 10 heavy (non-hydrogen) atoms. The van der Waals surface area contributed by atoms with Gasteiger partial charge in [-0.05, 0) is 0 Å². The summed E-state index contributed by atoms with van der Waals surface area (Å²) in [6, 6.07) is 0. The lowest BCUT2D eigenvalue weighted by molar-refractivity contribution is -0.150. The Labute approximate surface area is 58.1 Å². The van der Waals surface area contributed by atoms with Crippen molar-refractivity contribution in [2.75, 3.05) is 13.2 Å². The summed E-state index contributed by atoms with van der Waals surface area (Å²) in [7, 11) is 0. The summed E-state index contributed by atoms with van der Waals surface area (Å²) >= 11 is 0. The van der Waals surface area contributed by atoms with E-state index >= 15 is 0 Å². The Kier molecular flexibility index (Phi) is 2.01. The molecule has 1 fully saturated rings. The van der Waals surface area contributed by atoms with Crippen molar-refractivity contribution in [3.63, 3.8) is 0 Å². The van der Waals surface area contributed by atoms with Crippen LogP contribution in [0.3, 0.4) is 0 Å². The van der Waals surface area contributed by atoms with Crippen molar-refractivity contribution in [2.24, 2.45) is 0 Å². The molecule has 0 aromatic rings. The van der Waals surface area contributed by atoms with Crippen molar-refractivity contribution in [3.05, 3.63) is 0 Å². The van der Waals surface area contributed by atoms with Gasteiger partial charge >= 0.3 is 5.97 Å². The van der Waals surface area contributed by atoms with Crippen LogP contribution in [0, 0.1) is 0 Å². The lowest BCUT2D eigenvalue weighted by Gasteiger charge is -2.04. The second kappa shape index (κ2) is 2.79. The van der Waals surface area contributed by atoms with Crippen molar-refractivity contribution in [1.82, 2.24) is 0 Å². The fourth-order valence-corrected chi connectivity index (χ4v) is 0.753. The maximum Gasteiger partial charge on any atom is 0.303 e. The zero-order chi connectivity index (χ0) is 7.56. The third-order valence-corrected chi connectivity index (χ3v) is 1.18. The van der Waals surface area contributed by atoms with Gasteiger partial charge < -0.3 is 9.47 Å². The zero-order valence-corrected chi connectivity index (χ0v) is 5.62. The average molecular weight is 144 g/mol. The van der Waals surface area contributed by atoms with Gasteiger partial charge in [0.1, 0.15) is 6.61 Å². The Morgan fingerprint density at radius 2 is 2.50 bits per heavy atom. The molecule has 4 nitrogen and oxygen atoms in total. The summed E-state index contributed by atoms with van der Waals surface area (Å²) in [5, 5.41) is 0. The molecule has 0 saturated carbocycles. The van der Waals surface area contributed by atoms with Crippen LogP contribution in [0.15, 0.2) is 0 Å². The largest absolute Gasteiger partial charge is 0.452 e. The molecule has 0 amide bonds. The molecule has 1 aliphatic rings. The monoisotopic (exact) mass is 144 g/mol. The summed E-state index contributed by atoms with van der Waals surface area (Å²) in [5.74, 6) is -0.598. The second-order valence-corrected chi connectivity index (χ2v) is 2.08. The van der Waals surface area contributed by atoms with Crippen LogP contribution in [0.1, 0.15) is 6.92 Å². The van der Waals surface area contributed by atoms with Crippen LogP contribution < -0.4 is 0 Å². The van der Waals surface area contributed by atoms with Crippen LogP contribution in [-0.2, 0) is 19.1 Å². The van der Waals surface area contributed by atoms with E-state index in [-0.39, 0.29) is 19.0 Å². The van der Waals surface area contributed by atoms with Crippen LogP contribution in [0.25, 0.3) is 0 Å². The Balaban J connectivity index is 2.40. The third kappa shape index (κ3) is 1.54. The number of ether oxygens (including phenoxy) is 2. The summed E-state index contributed by atoms with van der Waals surface area (Å²) < 4.78 is 9.35. The van der Waals surface area contributed by atoms with Crippen LogP contribution in [0.5, 0.6) is 0 Å². The second-order valence-electron chi connectivity index (χ2n) is 2.08. The molecule has 1 heterocycles. The van der Waals surface area contributed by atoms with E-state index < -0.39 is 12.1 Å². The molecule has 1 unspecified atom stereocenters. The highest BCUT2D eigenvalue weighted by atomic mass is 16.6. The minimum absolute atomic E-state index is 0.0674. The quantitative estimate of drug-likeness (QED) is 0.466. The van der Waals surface area contributed by atoms with Gasteiger partial charge in [0, 0.05) is 6.92 Å². The van der Waals surface area contributed by atoms with E-state index in [0.29, 0.717) is 0 Å². The summed E-state index contributed by atoms with van der Waals surface area (Å²) in [6.07, 6.45) is -0.655. The maximum atomic E-state index is 10.7. The fourth-order valence-electron chi connectivity index (χ4n) is 0.753. The van der Waals surface area contributed by atoms with Crippen molar-refractivity contribution in [3.8, 4) is 0 Å². The lowest BCUT2D eigenvalue weighted by Crippen LogP contribution is -2.24. The van der Waals surface area contributed by atoms with Crippen LogP contribution in [-0.4, -0.2) is 31.1 Å². The minimum atomic E-state index is -0.655. The zero-order valence-electron chi connectivity index (χ0n) is 5.62. The molecular formula is C6H8O4. The van der Waals surface area contributed by atoms with Crippen molar-refractivity contribution >= 4 is 11.8 Å². The first-order chi connectivity index (χ1) is 4.70. The van der Waals surface area contributed by atoms with Crippen LogP contribution >= 0.6 is 0 Å². The summed E-state index contributed by atoms with van der Waals surface area (Å²) in [6.45, 7) is 1.54. The molecule has 0 aromatic carbocycles. The fraction of sp³-hybridized carbons (Fsp3) is 0.667.